The van der Waals surface area contributed by atoms with E-state index in [4.69, 9.17) is 9.47 Å². The maximum absolute atomic E-state index is 13.8. The van der Waals surface area contributed by atoms with Crippen LogP contribution in [0.15, 0.2) is 48.5 Å². The van der Waals surface area contributed by atoms with E-state index in [1.807, 2.05) is 60.4 Å². The van der Waals surface area contributed by atoms with Gasteiger partial charge in [0.05, 0.1) is 6.61 Å². The zero-order chi connectivity index (χ0) is 34.0. The third-order valence-corrected chi connectivity index (χ3v) is 8.64. The van der Waals surface area contributed by atoms with Gasteiger partial charge in [-0.2, -0.15) is 0 Å². The largest absolute Gasteiger partial charge is 0.494 e. The third kappa shape index (κ3) is 11.2. The number of amides is 5. The summed E-state index contributed by atoms with van der Waals surface area (Å²) < 4.78 is 11.6. The number of carbonyl (C=O) groups is 4. The summed E-state index contributed by atoms with van der Waals surface area (Å²) in [5.74, 6) is 0.182. The predicted octanol–water partition coefficient (Wildman–Crippen LogP) is 4.56. The van der Waals surface area contributed by atoms with E-state index < -0.39 is 29.7 Å². The lowest BCUT2D eigenvalue weighted by Crippen LogP contribution is -2.55. The molecule has 4 bridgehead atoms. The smallest absolute Gasteiger partial charge is 0.408 e. The molecule has 1 unspecified atom stereocenters. The van der Waals surface area contributed by atoms with E-state index in [2.05, 4.69) is 16.0 Å². The quantitative estimate of drug-likeness (QED) is 0.446. The van der Waals surface area contributed by atoms with Gasteiger partial charge in [0.25, 0.3) is 0 Å². The normalized spacial score (nSPS) is 22.0. The molecule has 0 spiro atoms. The van der Waals surface area contributed by atoms with E-state index in [-0.39, 0.29) is 31.4 Å². The Morgan fingerprint density at radius 1 is 1.02 bits per heavy atom. The summed E-state index contributed by atoms with van der Waals surface area (Å²) in [6.45, 7) is 9.53. The van der Waals surface area contributed by atoms with Crippen LogP contribution >= 0.6 is 0 Å². The maximum atomic E-state index is 13.8. The summed E-state index contributed by atoms with van der Waals surface area (Å²) in [5, 5.41) is 8.60. The summed E-state index contributed by atoms with van der Waals surface area (Å²) in [5.41, 5.74) is 2.19. The summed E-state index contributed by atoms with van der Waals surface area (Å²) in [4.78, 5) is 57.2. The van der Waals surface area contributed by atoms with Crippen LogP contribution in [0.25, 0.3) is 0 Å². The highest BCUT2D eigenvalue weighted by molar-refractivity contribution is 5.91. The summed E-state index contributed by atoms with van der Waals surface area (Å²) in [7, 11) is 1.70. The second-order valence-corrected chi connectivity index (χ2v) is 13.7. The molecule has 1 saturated heterocycles. The van der Waals surface area contributed by atoms with E-state index in [0.29, 0.717) is 38.5 Å². The number of urea groups is 1. The molecule has 2 heterocycles. The standard InChI is InChI=1S/C36H51N5O6/c1-25-13-15-29-22-28(25)23-37-32(42)30(16-14-26-10-7-6-8-11-26)38-33(43)31(39-34(44)47-36(2,3)4)17-20-40(5)35(45)41-19-9-12-27(24-41)18-21-46-29/h6-8,10-11,13,15,22,27,30-31H,9,12,14,16-21,23-24H2,1-5H3,(H,37,42)(H,38,43)(H,39,44)/t27?,30-,31-/m0/s1. The van der Waals surface area contributed by atoms with Gasteiger partial charge in [-0.15, -0.1) is 0 Å². The van der Waals surface area contributed by atoms with Gasteiger partial charge in [-0.25, -0.2) is 9.59 Å². The minimum absolute atomic E-state index is 0.121. The Balaban J connectivity index is 1.60. The number of carbonyl (C=O) groups excluding carboxylic acids is 4. The van der Waals surface area contributed by atoms with Crippen molar-refractivity contribution in [3.8, 4) is 5.75 Å². The van der Waals surface area contributed by atoms with Crippen LogP contribution in [-0.4, -0.2) is 84.7 Å². The zero-order valence-electron chi connectivity index (χ0n) is 28.5. The van der Waals surface area contributed by atoms with Crippen molar-refractivity contribution in [1.82, 2.24) is 25.8 Å². The van der Waals surface area contributed by atoms with Crippen LogP contribution in [0.5, 0.6) is 5.75 Å². The van der Waals surface area contributed by atoms with E-state index >= 15 is 0 Å². The average molecular weight is 650 g/mol. The molecule has 2 aromatic carbocycles. The number of rotatable bonds is 4. The molecule has 4 rings (SSSR count). The van der Waals surface area contributed by atoms with E-state index in [0.717, 1.165) is 41.7 Å². The number of hydrogen-bond donors (Lipinski definition) is 3. The Bertz CT molecular complexity index is 1380. The fourth-order valence-corrected chi connectivity index (χ4v) is 5.93. The molecular weight excluding hydrogens is 598 g/mol. The summed E-state index contributed by atoms with van der Waals surface area (Å²) in [6, 6.07) is 13.6. The van der Waals surface area contributed by atoms with Crippen molar-refractivity contribution in [1.29, 1.82) is 0 Å². The van der Waals surface area contributed by atoms with Crippen molar-refractivity contribution in [3.63, 3.8) is 0 Å². The lowest BCUT2D eigenvalue weighted by molar-refractivity contribution is -0.130. The molecule has 2 aliphatic rings. The van der Waals surface area contributed by atoms with Gasteiger partial charge in [0.1, 0.15) is 23.4 Å². The topological polar surface area (TPSA) is 129 Å². The minimum Gasteiger partial charge on any atom is -0.494 e. The molecule has 1 fully saturated rings. The van der Waals surface area contributed by atoms with Crippen molar-refractivity contribution in [2.24, 2.45) is 5.92 Å². The Morgan fingerprint density at radius 3 is 2.53 bits per heavy atom. The lowest BCUT2D eigenvalue weighted by atomic mass is 9.95. The lowest BCUT2D eigenvalue weighted by Gasteiger charge is -2.35. The van der Waals surface area contributed by atoms with Crippen LogP contribution in [0.4, 0.5) is 9.59 Å². The first kappa shape index (κ1) is 35.6. The highest BCUT2D eigenvalue weighted by atomic mass is 16.6. The molecule has 2 aliphatic heterocycles. The monoisotopic (exact) mass is 649 g/mol. The fourth-order valence-electron chi connectivity index (χ4n) is 5.93. The van der Waals surface area contributed by atoms with E-state index in [1.165, 1.54) is 0 Å². The summed E-state index contributed by atoms with van der Waals surface area (Å²) in [6.07, 6.45) is 3.04. The van der Waals surface area contributed by atoms with Crippen molar-refractivity contribution in [3.05, 3.63) is 65.2 Å². The van der Waals surface area contributed by atoms with Gasteiger partial charge >= 0.3 is 12.1 Å². The van der Waals surface area contributed by atoms with Crippen LogP contribution in [-0.2, 0) is 27.3 Å². The molecule has 3 atom stereocenters. The molecule has 0 aromatic heterocycles. The molecule has 47 heavy (non-hydrogen) atoms. The van der Waals surface area contributed by atoms with Crippen molar-refractivity contribution in [2.45, 2.75) is 90.4 Å². The molecule has 5 amide bonds. The Labute approximate surface area is 278 Å². The maximum Gasteiger partial charge on any atom is 0.408 e. The average Bonchev–Trinajstić information content (AvgIpc) is 3.03. The SMILES string of the molecule is Cc1ccc2cc1CNC(=O)[C@H](CCc1ccccc1)NC(=O)[C@@H](NC(=O)OC(C)(C)C)CCN(C)C(=O)N1CCCC(CCO2)C1. The zero-order valence-corrected chi connectivity index (χ0v) is 28.5. The number of nitrogens with one attached hydrogen (secondary N) is 3. The number of alkyl carbamates (subject to hydrolysis) is 1. The molecule has 11 heteroatoms. The highest BCUT2D eigenvalue weighted by Gasteiger charge is 2.31. The number of ether oxygens (including phenoxy) is 2. The van der Waals surface area contributed by atoms with E-state index in [1.54, 1.807) is 32.7 Å². The van der Waals surface area contributed by atoms with Crippen LogP contribution in [0, 0.1) is 12.8 Å². The Hall–Kier alpha value is -4.28. The first-order chi connectivity index (χ1) is 22.4. The summed E-state index contributed by atoms with van der Waals surface area (Å²) >= 11 is 0. The second-order valence-electron chi connectivity index (χ2n) is 13.7. The van der Waals surface area contributed by atoms with Gasteiger partial charge in [-0.3, -0.25) is 9.59 Å². The number of hydrogen-bond acceptors (Lipinski definition) is 6. The number of aryl methyl sites for hydroxylation is 2. The first-order valence-corrected chi connectivity index (χ1v) is 16.7. The third-order valence-electron chi connectivity index (χ3n) is 8.64. The van der Waals surface area contributed by atoms with Gasteiger partial charge in [-0.1, -0.05) is 36.4 Å². The second kappa shape index (κ2) is 16.5. The molecular formula is C36H51N5O6. The molecule has 2 aromatic rings. The Morgan fingerprint density at radius 2 is 1.79 bits per heavy atom. The van der Waals surface area contributed by atoms with Crippen LogP contribution in [0.2, 0.25) is 0 Å². The Kier molecular flexibility index (Phi) is 12.5. The molecule has 0 radical (unpaired) electrons. The number of benzene rings is 2. The van der Waals surface area contributed by atoms with Crippen LogP contribution in [0.3, 0.4) is 0 Å². The van der Waals surface area contributed by atoms with Gasteiger partial charge < -0.3 is 35.2 Å². The number of piperidine rings is 1. The van der Waals surface area contributed by atoms with Crippen LogP contribution < -0.4 is 20.7 Å². The van der Waals surface area contributed by atoms with E-state index in [9.17, 15) is 19.2 Å². The fraction of sp³-hybridized carbons (Fsp3) is 0.556. The van der Waals surface area contributed by atoms with Gasteiger partial charge in [0.2, 0.25) is 11.8 Å². The molecule has 3 N–H and O–H groups in total. The number of fused-ring (bicyclic) bond motifs is 4. The minimum atomic E-state index is -1.04. The predicted molar refractivity (Wildman–Crippen MR) is 180 cm³/mol. The molecule has 0 aliphatic carbocycles. The van der Waals surface area contributed by atoms with Crippen molar-refractivity contribution < 1.29 is 28.7 Å². The number of nitrogens with zero attached hydrogens (tertiary/aromatic N) is 2. The van der Waals surface area contributed by atoms with Crippen molar-refractivity contribution >= 4 is 23.9 Å². The van der Waals surface area contributed by atoms with Crippen molar-refractivity contribution in [2.75, 3.05) is 33.3 Å². The first-order valence-electron chi connectivity index (χ1n) is 16.7. The van der Waals surface area contributed by atoms with Crippen LogP contribution in [0.1, 0.15) is 69.6 Å². The van der Waals surface area contributed by atoms with Gasteiger partial charge in [-0.05, 0) is 101 Å². The molecule has 11 nitrogen and oxygen atoms in total. The van der Waals surface area contributed by atoms with Gasteiger partial charge in [0.15, 0.2) is 0 Å². The highest BCUT2D eigenvalue weighted by Crippen LogP contribution is 2.23. The molecule has 256 valence electrons. The molecule has 0 saturated carbocycles. The van der Waals surface area contributed by atoms with Gasteiger partial charge in [0, 0.05) is 33.2 Å².